The van der Waals surface area contributed by atoms with Gasteiger partial charge >= 0.3 is 0 Å². The van der Waals surface area contributed by atoms with E-state index in [1.807, 2.05) is 6.92 Å². The fourth-order valence-corrected chi connectivity index (χ4v) is 1.93. The third-order valence-corrected chi connectivity index (χ3v) is 3.87. The lowest BCUT2D eigenvalue weighted by Crippen LogP contribution is -2.25. The molecule has 94 valence electrons. The molecular weight excluding hydrogens is 311 g/mol. The number of aromatic nitrogens is 1. The van der Waals surface area contributed by atoms with E-state index in [0.717, 1.165) is 0 Å². The fraction of sp³-hybridized carbons (Fsp3) is 0.500. The van der Waals surface area contributed by atoms with Crippen LogP contribution in [0.4, 0.5) is 5.69 Å². The van der Waals surface area contributed by atoms with E-state index in [1.165, 1.54) is 10.8 Å². The minimum Gasteiger partial charge on any atom is -0.308 e. The van der Waals surface area contributed by atoms with Crippen LogP contribution in [0.5, 0.6) is 0 Å². The van der Waals surface area contributed by atoms with Gasteiger partial charge in [0.05, 0.1) is 15.6 Å². The molecule has 1 atom stereocenters. The molecule has 5 nitrogen and oxygen atoms in total. The number of hydrogen-bond acceptors (Lipinski definition) is 3. The highest BCUT2D eigenvalue weighted by Crippen LogP contribution is 2.22. The molecular formula is C10H12BrClN2O3. The topological polar surface area (TPSA) is 65.1 Å². The molecule has 1 unspecified atom stereocenters. The Kier molecular flexibility index (Phi) is 4.70. The van der Waals surface area contributed by atoms with Gasteiger partial charge in [-0.15, -0.1) is 11.6 Å². The first-order chi connectivity index (χ1) is 7.88. The van der Waals surface area contributed by atoms with Crippen LogP contribution in [0.25, 0.3) is 0 Å². The summed E-state index contributed by atoms with van der Waals surface area (Å²) in [5, 5.41) is 10.8. The number of hydrogen-bond donors (Lipinski definition) is 0. The zero-order valence-corrected chi connectivity index (χ0v) is 11.8. The van der Waals surface area contributed by atoms with Crippen molar-refractivity contribution in [3.8, 4) is 0 Å². The molecule has 0 aliphatic rings. The SMILES string of the molecule is Cc1c([N+](=O)[O-])cn(CC(C)CCl)c(=O)c1Br. The number of alkyl halides is 1. The van der Waals surface area contributed by atoms with Gasteiger partial charge in [-0.1, -0.05) is 6.92 Å². The van der Waals surface area contributed by atoms with Gasteiger partial charge in [-0.2, -0.15) is 0 Å². The van der Waals surface area contributed by atoms with Crippen LogP contribution in [0, 0.1) is 23.0 Å². The summed E-state index contributed by atoms with van der Waals surface area (Å²) in [4.78, 5) is 22.2. The Balaban J connectivity index is 3.32. The number of nitro groups is 1. The second-order valence-corrected chi connectivity index (χ2v) is 5.03. The van der Waals surface area contributed by atoms with Crippen LogP contribution < -0.4 is 5.56 Å². The minimum atomic E-state index is -0.499. The number of halogens is 2. The average molecular weight is 324 g/mol. The summed E-state index contributed by atoms with van der Waals surface area (Å²) in [5.74, 6) is 0.467. The molecule has 0 radical (unpaired) electrons. The van der Waals surface area contributed by atoms with E-state index in [9.17, 15) is 14.9 Å². The lowest BCUT2D eigenvalue weighted by molar-refractivity contribution is -0.386. The van der Waals surface area contributed by atoms with E-state index >= 15 is 0 Å². The van der Waals surface area contributed by atoms with E-state index in [2.05, 4.69) is 15.9 Å². The predicted octanol–water partition coefficient (Wildman–Crippen LogP) is 2.70. The van der Waals surface area contributed by atoms with Crippen LogP contribution in [-0.4, -0.2) is 15.4 Å². The van der Waals surface area contributed by atoms with Crippen molar-refractivity contribution in [2.75, 3.05) is 5.88 Å². The summed E-state index contributed by atoms with van der Waals surface area (Å²) in [6.07, 6.45) is 1.27. The summed E-state index contributed by atoms with van der Waals surface area (Å²) < 4.78 is 1.55. The molecule has 0 saturated carbocycles. The lowest BCUT2D eigenvalue weighted by Gasteiger charge is -2.11. The standard InChI is InChI=1S/C10H12BrClN2O3/c1-6(3-12)4-13-5-8(14(16)17)7(2)9(11)10(13)15/h5-6H,3-4H2,1-2H3. The minimum absolute atomic E-state index is 0.0711. The van der Waals surface area contributed by atoms with Crippen LogP contribution >= 0.6 is 27.5 Å². The molecule has 0 N–H and O–H groups in total. The van der Waals surface area contributed by atoms with Crippen molar-refractivity contribution in [1.82, 2.24) is 4.57 Å². The molecule has 1 rings (SSSR count). The van der Waals surface area contributed by atoms with Crippen LogP contribution in [0.1, 0.15) is 12.5 Å². The average Bonchev–Trinajstić information content (AvgIpc) is 2.29. The van der Waals surface area contributed by atoms with Crippen molar-refractivity contribution < 1.29 is 4.92 Å². The van der Waals surface area contributed by atoms with Crippen molar-refractivity contribution in [2.45, 2.75) is 20.4 Å². The Hall–Kier alpha value is -0.880. The van der Waals surface area contributed by atoms with Gasteiger partial charge in [-0.25, -0.2) is 0 Å². The first-order valence-corrected chi connectivity index (χ1v) is 6.31. The van der Waals surface area contributed by atoms with Gasteiger partial charge in [0.2, 0.25) is 0 Å². The summed E-state index contributed by atoms with van der Waals surface area (Å²) >= 11 is 8.76. The monoisotopic (exact) mass is 322 g/mol. The molecule has 0 saturated heterocycles. The van der Waals surface area contributed by atoms with Gasteiger partial charge in [0.15, 0.2) is 0 Å². The maximum Gasteiger partial charge on any atom is 0.289 e. The van der Waals surface area contributed by atoms with Crippen molar-refractivity contribution >= 4 is 33.2 Å². The third kappa shape index (κ3) is 3.07. The molecule has 0 fully saturated rings. The van der Waals surface area contributed by atoms with E-state index in [-0.39, 0.29) is 21.6 Å². The van der Waals surface area contributed by atoms with Gasteiger partial charge in [-0.3, -0.25) is 14.9 Å². The molecule has 1 aromatic rings. The van der Waals surface area contributed by atoms with Gasteiger partial charge in [0, 0.05) is 18.0 Å². The Morgan fingerprint density at radius 2 is 2.24 bits per heavy atom. The van der Waals surface area contributed by atoms with Gasteiger partial charge in [0.25, 0.3) is 11.2 Å². The molecule has 7 heteroatoms. The number of pyridine rings is 1. The summed E-state index contributed by atoms with van der Waals surface area (Å²) in [7, 11) is 0. The van der Waals surface area contributed by atoms with Gasteiger partial charge in [-0.05, 0) is 28.8 Å². The Labute approximate surface area is 112 Å². The van der Waals surface area contributed by atoms with Crippen LogP contribution in [0.15, 0.2) is 15.5 Å². The van der Waals surface area contributed by atoms with Crippen LogP contribution in [0.3, 0.4) is 0 Å². The maximum atomic E-state index is 11.9. The van der Waals surface area contributed by atoms with Crippen molar-refractivity contribution in [1.29, 1.82) is 0 Å². The van der Waals surface area contributed by atoms with Gasteiger partial charge in [0.1, 0.15) is 0 Å². The molecule has 1 aromatic heterocycles. The molecule has 0 amide bonds. The molecule has 0 bridgehead atoms. The second kappa shape index (κ2) is 5.64. The fourth-order valence-electron chi connectivity index (χ4n) is 1.41. The Morgan fingerprint density at radius 1 is 1.65 bits per heavy atom. The van der Waals surface area contributed by atoms with Gasteiger partial charge < -0.3 is 4.57 Å². The zero-order chi connectivity index (χ0) is 13.2. The van der Waals surface area contributed by atoms with E-state index in [0.29, 0.717) is 18.0 Å². The summed E-state index contributed by atoms with van der Waals surface area (Å²) in [6.45, 7) is 3.78. The Bertz CT molecular complexity index is 501. The molecule has 0 aliphatic heterocycles. The van der Waals surface area contributed by atoms with Crippen LogP contribution in [0.2, 0.25) is 0 Å². The highest BCUT2D eigenvalue weighted by atomic mass is 79.9. The van der Waals surface area contributed by atoms with E-state index in [4.69, 9.17) is 11.6 Å². The van der Waals surface area contributed by atoms with Crippen LogP contribution in [-0.2, 0) is 6.54 Å². The van der Waals surface area contributed by atoms with Crippen molar-refractivity contribution in [3.05, 3.63) is 36.7 Å². The molecule has 17 heavy (non-hydrogen) atoms. The zero-order valence-electron chi connectivity index (χ0n) is 9.44. The quantitative estimate of drug-likeness (QED) is 0.486. The molecule has 0 spiro atoms. The van der Waals surface area contributed by atoms with E-state index in [1.54, 1.807) is 6.92 Å². The van der Waals surface area contributed by atoms with Crippen molar-refractivity contribution in [2.24, 2.45) is 5.92 Å². The normalized spacial score (nSPS) is 12.5. The van der Waals surface area contributed by atoms with Crippen molar-refractivity contribution in [3.63, 3.8) is 0 Å². The Morgan fingerprint density at radius 3 is 2.71 bits per heavy atom. The smallest absolute Gasteiger partial charge is 0.289 e. The maximum absolute atomic E-state index is 11.9. The third-order valence-electron chi connectivity index (χ3n) is 2.41. The lowest BCUT2D eigenvalue weighted by atomic mass is 10.2. The molecule has 1 heterocycles. The number of rotatable bonds is 4. The summed E-state index contributed by atoms with van der Waals surface area (Å²) in [5.41, 5.74) is -0.00177. The molecule has 0 aliphatic carbocycles. The van der Waals surface area contributed by atoms with E-state index < -0.39 is 4.92 Å². The molecule has 0 aromatic carbocycles. The predicted molar refractivity (Wildman–Crippen MR) is 69.7 cm³/mol. The first kappa shape index (κ1) is 14.2. The highest BCUT2D eigenvalue weighted by Gasteiger charge is 2.19. The summed E-state index contributed by atoms with van der Waals surface area (Å²) in [6, 6.07) is 0. The second-order valence-electron chi connectivity index (χ2n) is 3.93. The largest absolute Gasteiger partial charge is 0.308 e. The highest BCUT2D eigenvalue weighted by molar-refractivity contribution is 9.10. The first-order valence-electron chi connectivity index (χ1n) is 4.98. The number of nitrogens with zero attached hydrogens (tertiary/aromatic N) is 2.